The van der Waals surface area contributed by atoms with Gasteiger partial charge in [0.25, 0.3) is 0 Å². The number of hydrogen-bond donors (Lipinski definition) is 1. The van der Waals surface area contributed by atoms with E-state index in [0.29, 0.717) is 23.1 Å². The molecule has 1 aliphatic carbocycles. The molecule has 1 saturated carbocycles. The first kappa shape index (κ1) is 15.3. The van der Waals surface area contributed by atoms with E-state index in [1.165, 1.54) is 26.4 Å². The summed E-state index contributed by atoms with van der Waals surface area (Å²) in [4.78, 5) is 0. The van der Waals surface area contributed by atoms with Gasteiger partial charge in [-0.3, -0.25) is 0 Å². The van der Waals surface area contributed by atoms with E-state index in [4.69, 9.17) is 4.74 Å². The largest absolute Gasteiger partial charge is 0.494 e. The van der Waals surface area contributed by atoms with Gasteiger partial charge in [0.1, 0.15) is 0 Å². The third-order valence-corrected chi connectivity index (χ3v) is 4.87. The van der Waals surface area contributed by atoms with Gasteiger partial charge in [-0.2, -0.15) is 0 Å². The molecule has 0 aliphatic heterocycles. The minimum atomic E-state index is -0.273. The van der Waals surface area contributed by atoms with Gasteiger partial charge in [-0.25, -0.2) is 4.39 Å². The van der Waals surface area contributed by atoms with Crippen molar-refractivity contribution in [1.82, 2.24) is 5.32 Å². The SMILES string of the molecule is CNC(Cc1ccc(OC)c(F)c1)C1CCCC1(C)C. The highest BCUT2D eigenvalue weighted by atomic mass is 19.1. The van der Waals surface area contributed by atoms with E-state index in [2.05, 4.69) is 19.2 Å². The summed E-state index contributed by atoms with van der Waals surface area (Å²) >= 11 is 0. The zero-order valence-electron chi connectivity index (χ0n) is 13.0. The molecular weight excluding hydrogens is 253 g/mol. The van der Waals surface area contributed by atoms with Gasteiger partial charge in [-0.05, 0) is 55.3 Å². The van der Waals surface area contributed by atoms with Crippen LogP contribution < -0.4 is 10.1 Å². The van der Waals surface area contributed by atoms with Crippen LogP contribution in [0.1, 0.15) is 38.7 Å². The van der Waals surface area contributed by atoms with Crippen LogP contribution in [0.3, 0.4) is 0 Å². The summed E-state index contributed by atoms with van der Waals surface area (Å²) in [6.07, 6.45) is 4.71. The molecule has 0 spiro atoms. The van der Waals surface area contributed by atoms with Crippen LogP contribution in [0.4, 0.5) is 4.39 Å². The Morgan fingerprint density at radius 1 is 1.45 bits per heavy atom. The average Bonchev–Trinajstić information content (AvgIpc) is 2.76. The maximum Gasteiger partial charge on any atom is 0.165 e. The van der Waals surface area contributed by atoms with Gasteiger partial charge in [0, 0.05) is 6.04 Å². The molecular formula is C17H26FNO. The quantitative estimate of drug-likeness (QED) is 0.885. The predicted octanol–water partition coefficient (Wildman–Crippen LogP) is 3.79. The predicted molar refractivity (Wildman–Crippen MR) is 80.6 cm³/mol. The van der Waals surface area contributed by atoms with Crippen molar-refractivity contribution in [1.29, 1.82) is 0 Å². The molecule has 0 bridgehead atoms. The van der Waals surface area contributed by atoms with Gasteiger partial charge in [0.2, 0.25) is 0 Å². The van der Waals surface area contributed by atoms with Crippen LogP contribution >= 0.6 is 0 Å². The van der Waals surface area contributed by atoms with Crippen LogP contribution in [-0.4, -0.2) is 20.2 Å². The molecule has 112 valence electrons. The van der Waals surface area contributed by atoms with Crippen molar-refractivity contribution in [3.8, 4) is 5.75 Å². The van der Waals surface area contributed by atoms with Crippen LogP contribution in [-0.2, 0) is 6.42 Å². The maximum absolute atomic E-state index is 13.8. The van der Waals surface area contributed by atoms with Crippen molar-refractivity contribution in [3.63, 3.8) is 0 Å². The van der Waals surface area contributed by atoms with E-state index in [1.807, 2.05) is 13.1 Å². The molecule has 2 rings (SSSR count). The number of rotatable bonds is 5. The fraction of sp³-hybridized carbons (Fsp3) is 0.647. The van der Waals surface area contributed by atoms with Crippen molar-refractivity contribution in [3.05, 3.63) is 29.6 Å². The van der Waals surface area contributed by atoms with E-state index < -0.39 is 0 Å². The number of likely N-dealkylation sites (N-methyl/N-ethyl adjacent to an activating group) is 1. The highest BCUT2D eigenvalue weighted by Gasteiger charge is 2.38. The Morgan fingerprint density at radius 2 is 2.20 bits per heavy atom. The van der Waals surface area contributed by atoms with Gasteiger partial charge >= 0.3 is 0 Å². The Kier molecular flexibility index (Phi) is 4.69. The van der Waals surface area contributed by atoms with E-state index in [-0.39, 0.29) is 5.82 Å². The minimum absolute atomic E-state index is 0.273. The van der Waals surface area contributed by atoms with Crippen LogP contribution in [0.25, 0.3) is 0 Å². The standard InChI is InChI=1S/C17H26FNO/c1-17(2)9-5-6-13(17)15(19-3)11-12-7-8-16(20-4)14(18)10-12/h7-8,10,13,15,19H,5-6,9,11H2,1-4H3. The van der Waals surface area contributed by atoms with Crippen molar-refractivity contribution in [2.45, 2.75) is 45.6 Å². The van der Waals surface area contributed by atoms with Gasteiger partial charge in [-0.1, -0.05) is 26.3 Å². The Balaban J connectivity index is 2.12. The topological polar surface area (TPSA) is 21.3 Å². The lowest BCUT2D eigenvalue weighted by atomic mass is 9.76. The van der Waals surface area contributed by atoms with Crippen LogP contribution in [0.2, 0.25) is 0 Å². The molecule has 1 aromatic carbocycles. The Labute approximate surface area is 121 Å². The number of hydrogen-bond acceptors (Lipinski definition) is 2. The van der Waals surface area contributed by atoms with Gasteiger partial charge in [-0.15, -0.1) is 0 Å². The highest BCUT2D eigenvalue weighted by Crippen LogP contribution is 2.44. The zero-order chi connectivity index (χ0) is 14.8. The first-order valence-electron chi connectivity index (χ1n) is 7.47. The molecule has 1 aliphatic rings. The highest BCUT2D eigenvalue weighted by molar-refractivity contribution is 5.29. The molecule has 1 N–H and O–H groups in total. The Bertz CT molecular complexity index is 458. The summed E-state index contributed by atoms with van der Waals surface area (Å²) in [7, 11) is 3.51. The lowest BCUT2D eigenvalue weighted by Crippen LogP contribution is -2.40. The molecule has 2 atom stereocenters. The summed E-state index contributed by atoms with van der Waals surface area (Å²) in [5.74, 6) is 0.694. The van der Waals surface area contributed by atoms with Crippen LogP contribution in [0.15, 0.2) is 18.2 Å². The zero-order valence-corrected chi connectivity index (χ0v) is 13.0. The van der Waals surface area contributed by atoms with Crippen molar-refractivity contribution < 1.29 is 9.13 Å². The lowest BCUT2D eigenvalue weighted by Gasteiger charge is -2.34. The fourth-order valence-corrected chi connectivity index (χ4v) is 3.64. The molecule has 2 nitrogen and oxygen atoms in total. The summed E-state index contributed by atoms with van der Waals surface area (Å²) in [6, 6.07) is 5.69. The average molecular weight is 279 g/mol. The van der Waals surface area contributed by atoms with Crippen molar-refractivity contribution in [2.75, 3.05) is 14.2 Å². The van der Waals surface area contributed by atoms with Crippen molar-refractivity contribution >= 4 is 0 Å². The molecule has 0 heterocycles. The first-order chi connectivity index (χ1) is 9.47. The number of halogens is 1. The van der Waals surface area contributed by atoms with E-state index >= 15 is 0 Å². The third-order valence-electron chi connectivity index (χ3n) is 4.87. The van der Waals surface area contributed by atoms with Gasteiger partial charge in [0.15, 0.2) is 11.6 Å². The van der Waals surface area contributed by atoms with E-state index in [9.17, 15) is 4.39 Å². The Hall–Kier alpha value is -1.09. The minimum Gasteiger partial charge on any atom is -0.494 e. The maximum atomic E-state index is 13.8. The van der Waals surface area contributed by atoms with E-state index in [0.717, 1.165) is 12.0 Å². The fourth-order valence-electron chi connectivity index (χ4n) is 3.64. The van der Waals surface area contributed by atoms with Crippen molar-refractivity contribution in [2.24, 2.45) is 11.3 Å². The Morgan fingerprint density at radius 3 is 2.70 bits per heavy atom. The van der Waals surface area contributed by atoms with Crippen LogP contribution in [0.5, 0.6) is 5.75 Å². The number of ether oxygens (including phenoxy) is 1. The number of methoxy groups -OCH3 is 1. The second-order valence-electron chi connectivity index (χ2n) is 6.56. The second-order valence-corrected chi connectivity index (χ2v) is 6.56. The molecule has 2 unspecified atom stereocenters. The molecule has 0 amide bonds. The summed E-state index contributed by atoms with van der Waals surface area (Å²) in [5.41, 5.74) is 1.41. The van der Waals surface area contributed by atoms with Crippen LogP contribution in [0, 0.1) is 17.2 Å². The van der Waals surface area contributed by atoms with E-state index in [1.54, 1.807) is 12.1 Å². The number of nitrogens with one attached hydrogen (secondary N) is 1. The summed E-state index contributed by atoms with van der Waals surface area (Å²) in [6.45, 7) is 4.70. The smallest absolute Gasteiger partial charge is 0.165 e. The summed E-state index contributed by atoms with van der Waals surface area (Å²) < 4.78 is 18.8. The molecule has 0 radical (unpaired) electrons. The van der Waals surface area contributed by atoms with Gasteiger partial charge < -0.3 is 10.1 Å². The molecule has 1 aromatic rings. The summed E-state index contributed by atoms with van der Waals surface area (Å²) in [5, 5.41) is 3.44. The molecule has 20 heavy (non-hydrogen) atoms. The number of benzene rings is 1. The van der Waals surface area contributed by atoms with Gasteiger partial charge in [0.05, 0.1) is 7.11 Å². The molecule has 3 heteroatoms. The lowest BCUT2D eigenvalue weighted by molar-refractivity contribution is 0.201. The monoisotopic (exact) mass is 279 g/mol. The third kappa shape index (κ3) is 3.14. The first-order valence-corrected chi connectivity index (χ1v) is 7.47. The second kappa shape index (κ2) is 6.13. The molecule has 0 aromatic heterocycles. The molecule has 0 saturated heterocycles. The molecule has 1 fully saturated rings. The normalized spacial score (nSPS) is 22.8.